The van der Waals surface area contributed by atoms with Gasteiger partial charge in [0.1, 0.15) is 18.0 Å². The molecule has 0 aliphatic heterocycles. The summed E-state index contributed by atoms with van der Waals surface area (Å²) >= 11 is 9.56. The molecule has 0 radical (unpaired) electrons. The maximum atomic E-state index is 6.14. The van der Waals surface area contributed by atoms with Gasteiger partial charge in [0, 0.05) is 24.0 Å². The second-order valence-electron chi connectivity index (χ2n) is 4.69. The summed E-state index contributed by atoms with van der Waals surface area (Å²) in [5, 5.41) is 3.84. The minimum Gasteiger partial charge on any atom is -0.486 e. The van der Waals surface area contributed by atoms with Crippen LogP contribution in [0.25, 0.3) is 0 Å². The number of rotatable bonds is 7. The second kappa shape index (κ2) is 7.61. The van der Waals surface area contributed by atoms with Crippen molar-refractivity contribution in [3.05, 3.63) is 27.7 Å². The predicted octanol–water partition coefficient (Wildman–Crippen LogP) is 2.87. The van der Waals surface area contributed by atoms with E-state index in [1.54, 1.807) is 7.11 Å². The summed E-state index contributed by atoms with van der Waals surface area (Å²) in [6.07, 6.45) is 0.929. The van der Waals surface area contributed by atoms with Crippen LogP contribution in [-0.4, -0.2) is 45.6 Å². The first-order valence-electron chi connectivity index (χ1n) is 6.55. The van der Waals surface area contributed by atoms with Crippen molar-refractivity contribution in [2.24, 2.45) is 0 Å². The molecule has 6 heteroatoms. The lowest BCUT2D eigenvalue weighted by molar-refractivity contribution is -0.114. The Labute approximate surface area is 132 Å². The van der Waals surface area contributed by atoms with Crippen molar-refractivity contribution in [1.82, 2.24) is 5.32 Å². The van der Waals surface area contributed by atoms with E-state index in [1.807, 2.05) is 25.2 Å². The zero-order chi connectivity index (χ0) is 14.5. The van der Waals surface area contributed by atoms with E-state index in [4.69, 9.17) is 25.8 Å². The van der Waals surface area contributed by atoms with E-state index in [0.29, 0.717) is 30.0 Å². The number of halogens is 2. The van der Waals surface area contributed by atoms with E-state index in [1.165, 1.54) is 0 Å². The molecule has 0 spiro atoms. The molecule has 20 heavy (non-hydrogen) atoms. The van der Waals surface area contributed by atoms with Crippen LogP contribution in [0.1, 0.15) is 6.42 Å². The molecule has 1 saturated carbocycles. The third kappa shape index (κ3) is 3.86. The largest absolute Gasteiger partial charge is 0.486 e. The first-order chi connectivity index (χ1) is 9.65. The topological polar surface area (TPSA) is 39.7 Å². The third-order valence-corrected chi connectivity index (χ3v) is 4.19. The number of methoxy groups -OCH3 is 1. The predicted molar refractivity (Wildman–Crippen MR) is 82.6 cm³/mol. The van der Waals surface area contributed by atoms with Crippen LogP contribution in [0.5, 0.6) is 5.75 Å². The fourth-order valence-corrected chi connectivity index (χ4v) is 2.70. The highest BCUT2D eigenvalue weighted by Gasteiger charge is 2.43. The normalized spacial score (nSPS) is 25.3. The van der Waals surface area contributed by atoms with Gasteiger partial charge in [-0.15, -0.1) is 0 Å². The quantitative estimate of drug-likeness (QED) is 0.755. The van der Waals surface area contributed by atoms with Crippen LogP contribution in [-0.2, 0) is 9.47 Å². The van der Waals surface area contributed by atoms with Crippen LogP contribution in [0.3, 0.4) is 0 Å². The van der Waals surface area contributed by atoms with Gasteiger partial charge in [0.15, 0.2) is 0 Å². The monoisotopic (exact) mass is 363 g/mol. The van der Waals surface area contributed by atoms with Gasteiger partial charge in [0.2, 0.25) is 0 Å². The van der Waals surface area contributed by atoms with Crippen LogP contribution in [0.4, 0.5) is 0 Å². The van der Waals surface area contributed by atoms with E-state index in [9.17, 15) is 0 Å². The molecule has 0 amide bonds. The molecule has 0 bridgehead atoms. The van der Waals surface area contributed by atoms with Gasteiger partial charge < -0.3 is 19.5 Å². The highest BCUT2D eigenvalue weighted by Crippen LogP contribution is 2.34. The number of ether oxygens (including phenoxy) is 3. The SMILES string of the molecule is CNC1CC(Oc2cc(Br)ccc2Cl)C1OCCOC. The van der Waals surface area contributed by atoms with E-state index in [0.717, 1.165) is 10.9 Å². The molecule has 1 aromatic carbocycles. The van der Waals surface area contributed by atoms with Gasteiger partial charge in [-0.05, 0) is 25.2 Å². The molecule has 112 valence electrons. The Bertz CT molecular complexity index is 446. The molecule has 0 aromatic heterocycles. The number of benzene rings is 1. The van der Waals surface area contributed by atoms with Crippen LogP contribution < -0.4 is 10.1 Å². The van der Waals surface area contributed by atoms with Gasteiger partial charge in [0.25, 0.3) is 0 Å². The lowest BCUT2D eigenvalue weighted by atomic mass is 9.85. The first-order valence-corrected chi connectivity index (χ1v) is 7.72. The number of hydrogen-bond acceptors (Lipinski definition) is 4. The van der Waals surface area contributed by atoms with Crippen LogP contribution in [0, 0.1) is 0 Å². The zero-order valence-corrected chi connectivity index (χ0v) is 13.9. The molecular weight excluding hydrogens is 346 g/mol. The lowest BCUT2D eigenvalue weighted by Crippen LogP contribution is -2.60. The summed E-state index contributed by atoms with van der Waals surface area (Å²) in [6, 6.07) is 5.89. The average Bonchev–Trinajstić information content (AvgIpc) is 2.42. The van der Waals surface area contributed by atoms with Crippen molar-refractivity contribution in [3.8, 4) is 5.75 Å². The Morgan fingerprint density at radius 1 is 1.40 bits per heavy atom. The Kier molecular flexibility index (Phi) is 6.11. The average molecular weight is 365 g/mol. The molecule has 3 atom stereocenters. The molecule has 1 N–H and O–H groups in total. The van der Waals surface area contributed by atoms with Crippen molar-refractivity contribution in [2.45, 2.75) is 24.7 Å². The van der Waals surface area contributed by atoms with Gasteiger partial charge in [-0.2, -0.15) is 0 Å². The number of hydrogen-bond donors (Lipinski definition) is 1. The second-order valence-corrected chi connectivity index (χ2v) is 6.01. The summed E-state index contributed by atoms with van der Waals surface area (Å²) in [7, 11) is 3.59. The van der Waals surface area contributed by atoms with E-state index >= 15 is 0 Å². The highest BCUT2D eigenvalue weighted by molar-refractivity contribution is 9.10. The first kappa shape index (κ1) is 16.0. The van der Waals surface area contributed by atoms with Crippen molar-refractivity contribution in [3.63, 3.8) is 0 Å². The van der Waals surface area contributed by atoms with Gasteiger partial charge in [-0.3, -0.25) is 0 Å². The molecular formula is C14H19BrClNO3. The Morgan fingerprint density at radius 2 is 2.20 bits per heavy atom. The van der Waals surface area contributed by atoms with Crippen LogP contribution in [0.2, 0.25) is 5.02 Å². The third-order valence-electron chi connectivity index (χ3n) is 3.39. The molecule has 2 rings (SSSR count). The van der Waals surface area contributed by atoms with Crippen LogP contribution in [0.15, 0.2) is 22.7 Å². The van der Waals surface area contributed by atoms with Gasteiger partial charge >= 0.3 is 0 Å². The van der Waals surface area contributed by atoms with E-state index in [2.05, 4.69) is 21.2 Å². The molecule has 3 unspecified atom stereocenters. The zero-order valence-electron chi connectivity index (χ0n) is 11.6. The minimum absolute atomic E-state index is 0.0103. The maximum Gasteiger partial charge on any atom is 0.139 e. The fraction of sp³-hybridized carbons (Fsp3) is 0.571. The van der Waals surface area contributed by atoms with Crippen molar-refractivity contribution in [2.75, 3.05) is 27.4 Å². The summed E-state index contributed by atoms with van der Waals surface area (Å²) in [5.41, 5.74) is 0. The standard InChI is InChI=1S/C14H19BrClNO3/c1-17-11-8-13(14(11)19-6-5-18-2)20-12-7-9(15)3-4-10(12)16/h3-4,7,11,13-14,17H,5-6,8H2,1-2H3. The smallest absolute Gasteiger partial charge is 0.139 e. The molecule has 1 aromatic rings. The minimum atomic E-state index is 0.0103. The van der Waals surface area contributed by atoms with Gasteiger partial charge in [0.05, 0.1) is 18.2 Å². The summed E-state index contributed by atoms with van der Waals surface area (Å²) in [4.78, 5) is 0. The summed E-state index contributed by atoms with van der Waals surface area (Å²) in [6.45, 7) is 1.14. The molecule has 1 aliphatic rings. The van der Waals surface area contributed by atoms with E-state index < -0.39 is 0 Å². The number of likely N-dealkylation sites (N-methyl/N-ethyl adjacent to an activating group) is 1. The number of nitrogens with one attached hydrogen (secondary N) is 1. The Balaban J connectivity index is 1.95. The Hall–Kier alpha value is -0.330. The molecule has 1 fully saturated rings. The molecule has 1 aliphatic carbocycles. The lowest BCUT2D eigenvalue weighted by Gasteiger charge is -2.43. The fourth-order valence-electron chi connectivity index (χ4n) is 2.20. The maximum absolute atomic E-state index is 6.14. The summed E-state index contributed by atoms with van der Waals surface area (Å²) in [5.74, 6) is 0.681. The Morgan fingerprint density at radius 3 is 2.90 bits per heavy atom. The molecule has 0 saturated heterocycles. The van der Waals surface area contributed by atoms with Crippen molar-refractivity contribution >= 4 is 27.5 Å². The summed E-state index contributed by atoms with van der Waals surface area (Å²) < 4.78 is 17.7. The molecule has 4 nitrogen and oxygen atoms in total. The van der Waals surface area contributed by atoms with Crippen molar-refractivity contribution in [1.29, 1.82) is 0 Å². The van der Waals surface area contributed by atoms with Crippen molar-refractivity contribution < 1.29 is 14.2 Å². The van der Waals surface area contributed by atoms with E-state index in [-0.39, 0.29) is 12.2 Å². The molecule has 0 heterocycles. The van der Waals surface area contributed by atoms with Gasteiger partial charge in [-0.25, -0.2) is 0 Å². The van der Waals surface area contributed by atoms with Crippen LogP contribution >= 0.6 is 27.5 Å². The van der Waals surface area contributed by atoms with Gasteiger partial charge in [-0.1, -0.05) is 27.5 Å². The highest BCUT2D eigenvalue weighted by atomic mass is 79.9.